The predicted molar refractivity (Wildman–Crippen MR) is 111 cm³/mol. The van der Waals surface area contributed by atoms with Crippen LogP contribution in [0.1, 0.15) is 55.8 Å². The van der Waals surface area contributed by atoms with Crippen LogP contribution in [0.25, 0.3) is 0 Å². The van der Waals surface area contributed by atoms with Gasteiger partial charge in [0.1, 0.15) is 0 Å². The maximum Gasteiger partial charge on any atom is 0.251 e. The lowest BCUT2D eigenvalue weighted by molar-refractivity contribution is 0.0756. The summed E-state index contributed by atoms with van der Waals surface area (Å²) < 4.78 is 26.2. The molecule has 152 valence electrons. The first kappa shape index (κ1) is 22.0. The Bertz CT molecular complexity index is 725. The zero-order chi connectivity index (χ0) is 18.7. The lowest BCUT2D eigenvalue weighted by atomic mass is 9.67. The highest BCUT2D eigenvalue weighted by Gasteiger charge is 2.39. The SMILES string of the molecule is CCCS(=O)(=O)Nc1ccc(C(=O)NC2C3CCCC2CC(N)C3)cc1.Cl. The number of hydrogen-bond donors (Lipinski definition) is 3. The highest BCUT2D eigenvalue weighted by Crippen LogP contribution is 2.39. The molecule has 1 aromatic carbocycles. The molecule has 0 aliphatic heterocycles. The standard InChI is InChI=1S/C19H29N3O3S.ClH/c1-2-10-26(24,25)22-17-8-6-13(7-9-17)19(23)21-18-14-4-3-5-15(18)12-16(20)11-14;/h6-9,14-16,18,22H,2-5,10-12,20H2,1H3,(H,21,23);1H. The lowest BCUT2D eigenvalue weighted by Gasteiger charge is -2.45. The molecule has 3 rings (SSSR count). The van der Waals surface area contributed by atoms with E-state index in [1.165, 1.54) is 6.42 Å². The van der Waals surface area contributed by atoms with Crippen molar-refractivity contribution in [2.24, 2.45) is 17.6 Å². The number of nitrogens with one attached hydrogen (secondary N) is 2. The Hall–Kier alpha value is -1.31. The van der Waals surface area contributed by atoms with Gasteiger partial charge in [-0.25, -0.2) is 8.42 Å². The molecule has 2 aliphatic rings. The number of anilines is 1. The van der Waals surface area contributed by atoms with Crippen LogP contribution in [0.15, 0.2) is 24.3 Å². The summed E-state index contributed by atoms with van der Waals surface area (Å²) in [6, 6.07) is 7.08. The quantitative estimate of drug-likeness (QED) is 0.664. The topological polar surface area (TPSA) is 101 Å². The maximum atomic E-state index is 12.6. The van der Waals surface area contributed by atoms with Crippen LogP contribution < -0.4 is 15.8 Å². The summed E-state index contributed by atoms with van der Waals surface area (Å²) >= 11 is 0. The zero-order valence-electron chi connectivity index (χ0n) is 15.7. The monoisotopic (exact) mass is 415 g/mol. The van der Waals surface area contributed by atoms with Crippen molar-refractivity contribution < 1.29 is 13.2 Å². The van der Waals surface area contributed by atoms with Gasteiger partial charge in [0.2, 0.25) is 10.0 Å². The van der Waals surface area contributed by atoms with Gasteiger partial charge in [0.25, 0.3) is 5.91 Å². The first-order valence-electron chi connectivity index (χ1n) is 9.55. The van der Waals surface area contributed by atoms with Crippen LogP contribution in [0.5, 0.6) is 0 Å². The molecule has 6 nitrogen and oxygen atoms in total. The molecule has 1 aromatic rings. The molecular formula is C19H30ClN3O3S. The second kappa shape index (κ2) is 9.26. The van der Waals surface area contributed by atoms with Crippen LogP contribution in [0, 0.1) is 11.8 Å². The Morgan fingerprint density at radius 1 is 1.15 bits per heavy atom. The van der Waals surface area contributed by atoms with E-state index in [1.54, 1.807) is 24.3 Å². The highest BCUT2D eigenvalue weighted by molar-refractivity contribution is 7.92. The molecule has 0 radical (unpaired) electrons. The van der Waals surface area contributed by atoms with E-state index in [1.807, 2.05) is 6.92 Å². The van der Waals surface area contributed by atoms with Gasteiger partial charge in [0, 0.05) is 23.3 Å². The fourth-order valence-corrected chi connectivity index (χ4v) is 5.58. The van der Waals surface area contributed by atoms with Crippen molar-refractivity contribution in [3.63, 3.8) is 0 Å². The number of amides is 1. The van der Waals surface area contributed by atoms with Crippen LogP contribution in [0.4, 0.5) is 5.69 Å². The molecule has 2 saturated carbocycles. The number of rotatable bonds is 6. The Morgan fingerprint density at radius 3 is 2.30 bits per heavy atom. The number of carbonyl (C=O) groups is 1. The minimum absolute atomic E-state index is 0. The van der Waals surface area contributed by atoms with Crippen molar-refractivity contribution in [1.29, 1.82) is 0 Å². The fourth-order valence-electron chi connectivity index (χ4n) is 4.45. The molecule has 27 heavy (non-hydrogen) atoms. The Labute approximate surface area is 168 Å². The van der Waals surface area contributed by atoms with Crippen molar-refractivity contribution in [3.05, 3.63) is 29.8 Å². The summed E-state index contributed by atoms with van der Waals surface area (Å²) in [4.78, 5) is 12.6. The summed E-state index contributed by atoms with van der Waals surface area (Å²) in [5.41, 5.74) is 7.18. The largest absolute Gasteiger partial charge is 0.349 e. The number of nitrogens with two attached hydrogens (primary N) is 1. The Balaban J connectivity index is 0.00000261. The van der Waals surface area contributed by atoms with Gasteiger partial charge in [-0.15, -0.1) is 12.4 Å². The lowest BCUT2D eigenvalue weighted by Crippen LogP contribution is -2.53. The van der Waals surface area contributed by atoms with E-state index in [0.29, 0.717) is 29.5 Å². The van der Waals surface area contributed by atoms with Crippen molar-refractivity contribution in [2.45, 2.75) is 57.5 Å². The second-order valence-electron chi connectivity index (χ2n) is 7.68. The highest BCUT2D eigenvalue weighted by atomic mass is 35.5. The molecule has 0 heterocycles. The number of fused-ring (bicyclic) bond motifs is 2. The molecule has 2 atom stereocenters. The molecule has 2 fully saturated rings. The second-order valence-corrected chi connectivity index (χ2v) is 9.52. The van der Waals surface area contributed by atoms with Gasteiger partial charge in [-0.1, -0.05) is 13.3 Å². The van der Waals surface area contributed by atoms with Crippen LogP contribution in [-0.2, 0) is 10.0 Å². The minimum atomic E-state index is -3.32. The van der Waals surface area contributed by atoms with Crippen molar-refractivity contribution in [3.8, 4) is 0 Å². The molecule has 2 bridgehead atoms. The number of sulfonamides is 1. The Morgan fingerprint density at radius 2 is 1.74 bits per heavy atom. The van der Waals surface area contributed by atoms with Gasteiger partial charge >= 0.3 is 0 Å². The Kier molecular flexibility index (Phi) is 7.54. The van der Waals surface area contributed by atoms with Crippen LogP contribution in [0.2, 0.25) is 0 Å². The molecular weight excluding hydrogens is 386 g/mol. The van der Waals surface area contributed by atoms with E-state index < -0.39 is 10.0 Å². The average molecular weight is 416 g/mol. The predicted octanol–water partition coefficient (Wildman–Crippen LogP) is 2.90. The third kappa shape index (κ3) is 5.59. The first-order chi connectivity index (χ1) is 12.4. The third-order valence-corrected chi connectivity index (χ3v) is 7.06. The summed E-state index contributed by atoms with van der Waals surface area (Å²) in [5, 5.41) is 3.21. The molecule has 2 aliphatic carbocycles. The number of halogens is 1. The van der Waals surface area contributed by atoms with Crippen LogP contribution in [0.3, 0.4) is 0 Å². The molecule has 0 spiro atoms. The average Bonchev–Trinajstić information content (AvgIpc) is 2.55. The summed E-state index contributed by atoms with van der Waals surface area (Å²) in [6.45, 7) is 1.82. The third-order valence-electron chi connectivity index (χ3n) is 5.57. The van der Waals surface area contributed by atoms with Crippen LogP contribution >= 0.6 is 12.4 Å². The van der Waals surface area contributed by atoms with Gasteiger partial charge < -0.3 is 11.1 Å². The van der Waals surface area contributed by atoms with Gasteiger partial charge in [-0.2, -0.15) is 0 Å². The normalized spacial score (nSPS) is 27.3. The van der Waals surface area contributed by atoms with E-state index in [2.05, 4.69) is 10.0 Å². The van der Waals surface area contributed by atoms with Crippen molar-refractivity contribution >= 4 is 34.0 Å². The van der Waals surface area contributed by atoms with Crippen LogP contribution in [-0.4, -0.2) is 32.2 Å². The molecule has 4 N–H and O–H groups in total. The summed E-state index contributed by atoms with van der Waals surface area (Å²) in [6.07, 6.45) is 6.02. The van der Waals surface area contributed by atoms with E-state index in [4.69, 9.17) is 5.73 Å². The summed E-state index contributed by atoms with van der Waals surface area (Å²) in [5.74, 6) is 0.940. The first-order valence-corrected chi connectivity index (χ1v) is 11.2. The molecule has 1 amide bonds. The van der Waals surface area contributed by atoms with E-state index >= 15 is 0 Å². The van der Waals surface area contributed by atoms with Gasteiger partial charge in [-0.05, 0) is 68.2 Å². The van der Waals surface area contributed by atoms with E-state index in [9.17, 15) is 13.2 Å². The minimum Gasteiger partial charge on any atom is -0.349 e. The number of benzene rings is 1. The smallest absolute Gasteiger partial charge is 0.251 e. The van der Waals surface area contributed by atoms with E-state index in [0.717, 1.165) is 25.7 Å². The number of carbonyl (C=O) groups excluding carboxylic acids is 1. The maximum absolute atomic E-state index is 12.6. The summed E-state index contributed by atoms with van der Waals surface area (Å²) in [7, 11) is -3.32. The molecule has 0 aromatic heterocycles. The number of hydrogen-bond acceptors (Lipinski definition) is 4. The van der Waals surface area contributed by atoms with Gasteiger partial charge in [0.15, 0.2) is 0 Å². The molecule has 2 unspecified atom stereocenters. The van der Waals surface area contributed by atoms with Crippen molar-refractivity contribution in [2.75, 3.05) is 10.5 Å². The van der Waals surface area contributed by atoms with E-state index in [-0.39, 0.29) is 36.2 Å². The zero-order valence-corrected chi connectivity index (χ0v) is 17.3. The fraction of sp³-hybridized carbons (Fsp3) is 0.632. The van der Waals surface area contributed by atoms with Crippen molar-refractivity contribution in [1.82, 2.24) is 5.32 Å². The van der Waals surface area contributed by atoms with Gasteiger partial charge in [0.05, 0.1) is 5.75 Å². The van der Waals surface area contributed by atoms with Gasteiger partial charge in [-0.3, -0.25) is 9.52 Å². The molecule has 0 saturated heterocycles. The molecule has 8 heteroatoms.